The van der Waals surface area contributed by atoms with Crippen molar-refractivity contribution in [2.24, 2.45) is 11.5 Å². The molecule has 14 bridgehead atoms. The molecule has 0 radical (unpaired) electrons. The molecule has 76 heteroatoms. The molecule has 19 amide bonds. The Morgan fingerprint density at radius 1 is 0.429 bits per heavy atom. The van der Waals surface area contributed by atoms with E-state index in [4.69, 9.17) is 59.6 Å². The monoisotopic (exact) mass is 2160 g/mol. The van der Waals surface area contributed by atoms with Gasteiger partial charge in [-0.3, -0.25) is 80.1 Å². The van der Waals surface area contributed by atoms with Gasteiger partial charge in [-0.1, -0.05) is 0 Å². The zero-order chi connectivity index (χ0) is 103. The number of piperidine rings is 8. The Morgan fingerprint density at radius 2 is 0.750 bits per heavy atom. The van der Waals surface area contributed by atoms with Gasteiger partial charge in [-0.05, 0) is 129 Å². The number of Topliss-reactive ketones (excluding diaryl/α,β-unsaturated/α-hetero) is 1. The third-order valence-corrected chi connectivity index (χ3v) is 27.0. The first-order valence-electron chi connectivity index (χ1n) is 42.2. The highest BCUT2D eigenvalue weighted by Gasteiger charge is 2.57. The molecule has 0 spiro atoms. The summed E-state index contributed by atoms with van der Waals surface area (Å²) in [6.45, 7) is 12.9. The minimum absolute atomic E-state index is 0.0874. The molecule has 0 aliphatic carbocycles. The van der Waals surface area contributed by atoms with Crippen molar-refractivity contribution in [2.45, 2.75) is 213 Å². The number of carbonyl (C=O) groups is 13. The molecule has 140 heavy (non-hydrogen) atoms. The van der Waals surface area contributed by atoms with Crippen LogP contribution < -0.4 is 43.7 Å². The van der Waals surface area contributed by atoms with Gasteiger partial charge in [0.25, 0.3) is 11.8 Å². The predicted octanol–water partition coefficient (Wildman–Crippen LogP) is -7.50. The van der Waals surface area contributed by atoms with Gasteiger partial charge in [-0.2, -0.15) is 94.4 Å². The first kappa shape index (κ1) is 110. The van der Waals surface area contributed by atoms with Gasteiger partial charge in [-0.25, -0.2) is 51.1 Å². The van der Waals surface area contributed by atoms with Crippen molar-refractivity contribution in [3.63, 3.8) is 0 Å². The number of aromatic nitrogens is 2. The lowest BCUT2D eigenvalue weighted by Gasteiger charge is -2.32. The lowest BCUT2D eigenvalue weighted by atomic mass is 9.99. The van der Waals surface area contributed by atoms with E-state index in [0.717, 1.165) is 53.8 Å². The summed E-state index contributed by atoms with van der Waals surface area (Å²) in [7, 11) is -33.3. The minimum Gasteiger partial charge on any atom is -0.368 e. The van der Waals surface area contributed by atoms with E-state index in [0.29, 0.717) is 138 Å². The predicted molar refractivity (Wildman–Crippen MR) is 450 cm³/mol. The molecule has 15 atom stereocenters. The Bertz CT molecular complexity index is 5700. The molecule has 1 aromatic heterocycles. The fourth-order valence-corrected chi connectivity index (χ4v) is 21.1. The number of urea groups is 7. The summed E-state index contributed by atoms with van der Waals surface area (Å²) in [4.78, 5) is 176. The number of ketones is 1. The van der Waals surface area contributed by atoms with Crippen LogP contribution in [0.25, 0.3) is 4.85 Å². The van der Waals surface area contributed by atoms with Crippen molar-refractivity contribution in [1.82, 2.24) is 112 Å². The number of amides is 19. The van der Waals surface area contributed by atoms with Gasteiger partial charge in [0.05, 0.1) is 74.1 Å². The molecule has 16 saturated heterocycles. The zero-order valence-corrected chi connectivity index (χ0v) is 79.6. The highest BCUT2D eigenvalue weighted by atomic mass is 32.3. The topological polar surface area (TPSA) is 885 Å². The van der Waals surface area contributed by atoms with Gasteiger partial charge in [0, 0.05) is 64.8 Å². The van der Waals surface area contributed by atoms with Crippen LogP contribution in [0.1, 0.15) is 127 Å². The Kier molecular flexibility index (Phi) is 35.9. The smallest absolute Gasteiger partial charge is 0.368 e. The highest BCUT2D eigenvalue weighted by molar-refractivity contribution is 7.82. The van der Waals surface area contributed by atoms with Crippen LogP contribution in [0.5, 0.6) is 0 Å². The quantitative estimate of drug-likeness (QED) is 0.0160. The number of hydroxylamine groups is 16. The number of primary amides is 1. The molecule has 0 saturated carbocycles. The lowest BCUT2D eigenvalue weighted by Crippen LogP contribution is -2.53. The molecule has 17 N–H and O–H groups in total. The van der Waals surface area contributed by atoms with E-state index >= 15 is 0 Å². The Labute approximate surface area is 800 Å². The van der Waals surface area contributed by atoms with Gasteiger partial charge in [0.15, 0.2) is 0 Å². The fourth-order valence-electron chi connectivity index (χ4n) is 17.7. The second-order valence-electron chi connectivity index (χ2n) is 33.1. The van der Waals surface area contributed by atoms with Crippen LogP contribution in [0.2, 0.25) is 0 Å². The molecular weight excluding hydrogens is 2060 g/mol. The molecule has 17 heterocycles. The fraction of sp³-hybridized carbons (Fsp3) is 0.750. The van der Waals surface area contributed by atoms with E-state index in [1.807, 2.05) is 0 Å². The number of hydrogen-bond donors (Lipinski definition) is 15. The van der Waals surface area contributed by atoms with E-state index in [9.17, 15) is 121 Å². The number of rotatable bonds is 28. The highest BCUT2D eigenvalue weighted by Crippen LogP contribution is 2.41. The lowest BCUT2D eigenvalue weighted by molar-refractivity contribution is -0.143. The van der Waals surface area contributed by atoms with E-state index < -0.39 is 211 Å². The number of nitrogens with two attached hydrogens (primary N) is 2. The number of hydrogen-bond acceptors (Lipinski definition) is 42. The van der Waals surface area contributed by atoms with E-state index in [2.05, 4.69) is 77.3 Å². The van der Waals surface area contributed by atoms with Crippen LogP contribution >= 0.6 is 11.3 Å². The Balaban J connectivity index is 0.000000157. The first-order chi connectivity index (χ1) is 65.4. The van der Waals surface area contributed by atoms with E-state index in [1.54, 1.807) is 5.51 Å². The second-order valence-corrected chi connectivity index (χ2v) is 41.0. The van der Waals surface area contributed by atoms with Crippen molar-refractivity contribution in [2.75, 3.05) is 91.7 Å². The van der Waals surface area contributed by atoms with Crippen molar-refractivity contribution >= 4 is 162 Å². The van der Waals surface area contributed by atoms with Gasteiger partial charge < -0.3 is 62.1 Å². The van der Waals surface area contributed by atoms with Gasteiger partial charge in [0.1, 0.15) is 46.5 Å². The van der Waals surface area contributed by atoms with Crippen molar-refractivity contribution in [3.8, 4) is 0 Å². The molecule has 68 nitrogen and oxygen atoms in total. The Morgan fingerprint density at radius 3 is 1.09 bits per heavy atom. The molecule has 0 aromatic carbocycles. The number of carbonyl (C=O) groups excluding carboxylic acids is 13. The Hall–Kier alpha value is -10.1. The van der Waals surface area contributed by atoms with Crippen molar-refractivity contribution < 1.29 is 193 Å². The molecular formula is C64H99N25O43S8. The molecule has 786 valence electrons. The van der Waals surface area contributed by atoms with Crippen LogP contribution in [-0.2, 0) is 141 Å². The average molecular weight is 2160 g/mol. The van der Waals surface area contributed by atoms with E-state index in [1.165, 1.54) is 42.8 Å². The minimum atomic E-state index is -4.81. The molecule has 16 aliphatic rings. The second kappa shape index (κ2) is 45.6. The zero-order valence-electron chi connectivity index (χ0n) is 73.1. The standard InChI is InChI=1S/C12H20N4O6S.C11H18N4O7S.C10H15N3O7S.C9H16N4O7S.C8H10N4O5S2.C7H11N3O6S.C7H9N3O5S/c17-11(14-8-3-5-13-6-4-8)10-2-1-9-7-15(10)12(18)16(9)22-23(19,20)21;16-10(13-21-8-3-4-12-5-8)9-2-1-7-6-14(9)11(17)15(7)22-23(18,19)20;1-6(14)4-11-9(15)8-3-2-7-5-12(8)10(16)13(7)20-21(17,18)19;10-3-4-19-11-8(14)7-2-1-6-5-12(7)9(15)13(6)20-21(16,17)18;13-8-11-3-5(12(8)17-19(14,15)16)1-2-6(11)7-10-9-4-18-7;8-6(11)5-2-1-4-3-9(5)7(12)10(4)16-17(13,14)15;1-8-6-3-2-5-4-9(6)7(11)10(5)15-16(12,13)14/h8-10,13H,1-7H2,(H,14,17)(H,19,20,21);7-9,12H,1-6H2,(H,13,16)(H,18,19,20);7-8H,2-5H2,1H3,(H,11,15)(H,17,18,19);6-7H,1-5,10H2,(H,11,14)(H,16,17,18);4-6H,1-3H2,(H,14,15,16);4-5H,1-3H2,(H2,8,11)(H,13,14,15);5-6H,2-4H2,(H,12,13,14). The maximum Gasteiger partial charge on any atom is 0.418 e. The molecule has 15 unspecified atom stereocenters. The maximum atomic E-state index is 12.4. The van der Waals surface area contributed by atoms with Crippen molar-refractivity contribution in [1.29, 1.82) is 0 Å². The third-order valence-electron chi connectivity index (χ3n) is 23.7. The molecule has 16 fully saturated rings. The summed E-state index contributed by atoms with van der Waals surface area (Å²) in [6.07, 6.45) is 7.60. The third kappa shape index (κ3) is 28.9. The average Bonchev–Trinajstić information content (AvgIpc) is 1.78. The number of fused-ring (bicyclic) bond motifs is 14. The van der Waals surface area contributed by atoms with Crippen LogP contribution in [-0.4, -0.2) is 431 Å². The van der Waals surface area contributed by atoms with Gasteiger partial charge >= 0.3 is 121 Å². The van der Waals surface area contributed by atoms with Crippen LogP contribution in [0.3, 0.4) is 0 Å². The van der Waals surface area contributed by atoms with Crippen LogP contribution in [0.4, 0.5) is 33.6 Å². The molecule has 16 aliphatic heterocycles. The van der Waals surface area contributed by atoms with Crippen LogP contribution in [0.15, 0.2) is 5.51 Å². The first-order valence-corrected chi connectivity index (χ1v) is 52.7. The molecule has 1 aromatic rings. The SMILES string of the molecule is CC(=O)CNC(=O)C1CCC2CN1C(=O)N2OS(=O)(=O)O.NC(=O)C1CCC2CN1C(=O)N2OS(=O)(=O)O.NCCONC(=O)C1CCC2CN1C(=O)N2OS(=O)(=O)O.O=C(NC1CCNCC1)C1CCC2CN1C(=O)N2OS(=O)(=O)O.O=C(NOC1CCNC1)C1CCC2CN1C(=O)N2OS(=O)(=O)O.O=C1N2CC(CCC2c2nncs2)N1OS(=O)(=O)O.[C-]#[N+]C1CCC2CN1C(=O)N2OS(=O)(=O)O. The van der Waals surface area contributed by atoms with Crippen molar-refractivity contribution in [3.05, 3.63) is 21.9 Å². The number of nitrogens with one attached hydrogen (secondary N) is 6. The molecule has 17 rings (SSSR count). The number of nitrogens with zero attached hydrogens (tertiary/aromatic N) is 17. The normalized spacial score (nSPS) is 27.9. The summed E-state index contributed by atoms with van der Waals surface area (Å²) in [5, 5.41) is 24.3. The van der Waals surface area contributed by atoms with Crippen LogP contribution in [0, 0.1) is 6.57 Å². The summed E-state index contributed by atoms with van der Waals surface area (Å²) in [5.74, 6) is -2.56. The van der Waals surface area contributed by atoms with Gasteiger partial charge in [-0.15, -0.1) is 51.5 Å². The summed E-state index contributed by atoms with van der Waals surface area (Å²) in [6, 6.07) is -12.4. The van der Waals surface area contributed by atoms with E-state index in [-0.39, 0.29) is 94.9 Å². The summed E-state index contributed by atoms with van der Waals surface area (Å²) in [5.41, 5.74) is 16.5. The summed E-state index contributed by atoms with van der Waals surface area (Å²) < 4.78 is 240. The summed E-state index contributed by atoms with van der Waals surface area (Å²) >= 11 is 1.34. The largest absolute Gasteiger partial charge is 0.418 e. The maximum absolute atomic E-state index is 12.4. The van der Waals surface area contributed by atoms with Gasteiger partial charge in [0.2, 0.25) is 17.7 Å².